The summed E-state index contributed by atoms with van der Waals surface area (Å²) in [5.74, 6) is -0.788. The zero-order chi connectivity index (χ0) is 20.2. The number of hydrogen-bond acceptors (Lipinski definition) is 5. The summed E-state index contributed by atoms with van der Waals surface area (Å²) >= 11 is 3.23. The summed E-state index contributed by atoms with van der Waals surface area (Å²) in [5, 5.41) is 7.25. The normalized spacial score (nSPS) is 12.0. The first-order chi connectivity index (χ1) is 13.2. The number of imidazole rings is 1. The standard InChI is InChI=1S/C17H14BrN5O4S/c1-22-12-6-11(18)14(7-13(12)23(2)17(22)25)28(26,27)21-16(24)10-5-3-4-9-8-19-20-15(9)10/h3-8H,1-2H3,(H,19,20)(H,21,24). The Hall–Kier alpha value is -2.92. The highest BCUT2D eigenvalue weighted by atomic mass is 79.9. The monoisotopic (exact) mass is 463 g/mol. The van der Waals surface area contributed by atoms with Crippen LogP contribution in [0.3, 0.4) is 0 Å². The van der Waals surface area contributed by atoms with Gasteiger partial charge in [0.15, 0.2) is 0 Å². The van der Waals surface area contributed by atoms with Crippen molar-refractivity contribution in [2.75, 3.05) is 0 Å². The van der Waals surface area contributed by atoms with E-state index in [2.05, 4.69) is 30.8 Å². The fourth-order valence-corrected chi connectivity index (χ4v) is 5.11. The second-order valence-corrected chi connectivity index (χ2v) is 8.75. The van der Waals surface area contributed by atoms with Crippen LogP contribution in [0, 0.1) is 0 Å². The molecule has 0 radical (unpaired) electrons. The molecule has 0 unspecified atom stereocenters. The number of nitrogens with one attached hydrogen (secondary N) is 2. The second kappa shape index (κ2) is 6.31. The number of aromatic nitrogens is 4. The van der Waals surface area contributed by atoms with Crippen molar-refractivity contribution in [2.45, 2.75) is 4.90 Å². The van der Waals surface area contributed by atoms with Crippen LogP contribution >= 0.6 is 15.9 Å². The summed E-state index contributed by atoms with van der Waals surface area (Å²) in [7, 11) is -1.06. The second-order valence-electron chi connectivity index (χ2n) is 6.25. The molecule has 2 N–H and O–H groups in total. The lowest BCUT2D eigenvalue weighted by molar-refractivity contribution is 0.0983. The molecular formula is C17H14BrN5O4S. The Balaban J connectivity index is 1.79. The van der Waals surface area contributed by atoms with Crippen LogP contribution in [0.25, 0.3) is 21.9 Å². The van der Waals surface area contributed by atoms with E-state index in [1.807, 2.05) is 0 Å². The van der Waals surface area contributed by atoms with Crippen LogP contribution in [0.1, 0.15) is 10.4 Å². The minimum atomic E-state index is -4.21. The molecule has 28 heavy (non-hydrogen) atoms. The molecule has 0 saturated heterocycles. The Bertz CT molecular complexity index is 1430. The van der Waals surface area contributed by atoms with Gasteiger partial charge in [-0.2, -0.15) is 5.10 Å². The topological polar surface area (TPSA) is 119 Å². The molecule has 2 heterocycles. The van der Waals surface area contributed by atoms with Gasteiger partial charge in [0, 0.05) is 24.0 Å². The zero-order valence-corrected chi connectivity index (χ0v) is 17.1. The van der Waals surface area contributed by atoms with Gasteiger partial charge in [0.05, 0.1) is 28.3 Å². The summed E-state index contributed by atoms with van der Waals surface area (Å²) in [6.45, 7) is 0. The molecule has 0 saturated carbocycles. The van der Waals surface area contributed by atoms with Gasteiger partial charge in [-0.1, -0.05) is 12.1 Å². The van der Waals surface area contributed by atoms with E-state index < -0.39 is 15.9 Å². The van der Waals surface area contributed by atoms with Crippen molar-refractivity contribution in [1.29, 1.82) is 0 Å². The van der Waals surface area contributed by atoms with Gasteiger partial charge in [0.2, 0.25) is 0 Å². The minimum absolute atomic E-state index is 0.147. The van der Waals surface area contributed by atoms with Gasteiger partial charge < -0.3 is 0 Å². The summed E-state index contributed by atoms with van der Waals surface area (Å²) in [4.78, 5) is 24.6. The molecule has 0 fully saturated rings. The predicted molar refractivity (Wildman–Crippen MR) is 107 cm³/mol. The maximum atomic E-state index is 12.9. The maximum Gasteiger partial charge on any atom is 0.328 e. The van der Waals surface area contributed by atoms with Crippen LogP contribution in [0.5, 0.6) is 0 Å². The van der Waals surface area contributed by atoms with Gasteiger partial charge in [-0.25, -0.2) is 17.9 Å². The number of halogens is 1. The summed E-state index contributed by atoms with van der Waals surface area (Å²) < 4.78 is 30.8. The fourth-order valence-electron chi connectivity index (χ4n) is 3.10. The number of amides is 1. The van der Waals surface area contributed by atoms with Gasteiger partial charge in [-0.15, -0.1) is 0 Å². The summed E-state index contributed by atoms with van der Waals surface area (Å²) in [6, 6.07) is 7.79. The summed E-state index contributed by atoms with van der Waals surface area (Å²) in [6.07, 6.45) is 1.54. The highest BCUT2D eigenvalue weighted by Gasteiger charge is 2.24. The highest BCUT2D eigenvalue weighted by Crippen LogP contribution is 2.27. The number of para-hydroxylation sites is 1. The lowest BCUT2D eigenvalue weighted by Gasteiger charge is -2.10. The zero-order valence-electron chi connectivity index (χ0n) is 14.7. The Morgan fingerprint density at radius 3 is 2.57 bits per heavy atom. The average molecular weight is 464 g/mol. The van der Waals surface area contributed by atoms with Crippen molar-refractivity contribution in [3.8, 4) is 0 Å². The lowest BCUT2D eigenvalue weighted by atomic mass is 10.1. The van der Waals surface area contributed by atoms with Gasteiger partial charge in [0.1, 0.15) is 4.90 Å². The lowest BCUT2D eigenvalue weighted by Crippen LogP contribution is -2.31. The van der Waals surface area contributed by atoms with Gasteiger partial charge in [-0.3, -0.25) is 19.0 Å². The third kappa shape index (κ3) is 2.74. The van der Waals surface area contributed by atoms with E-state index in [0.29, 0.717) is 21.9 Å². The first kappa shape index (κ1) is 18.4. The van der Waals surface area contributed by atoms with Crippen molar-refractivity contribution < 1.29 is 13.2 Å². The number of rotatable bonds is 3. The number of sulfonamides is 1. The minimum Gasteiger partial charge on any atom is -0.295 e. The largest absolute Gasteiger partial charge is 0.328 e. The van der Waals surface area contributed by atoms with Crippen molar-refractivity contribution in [3.05, 3.63) is 57.0 Å². The van der Waals surface area contributed by atoms with Crippen LogP contribution < -0.4 is 10.4 Å². The Morgan fingerprint density at radius 2 is 1.86 bits per heavy atom. The van der Waals surface area contributed by atoms with Crippen molar-refractivity contribution in [3.63, 3.8) is 0 Å². The number of carbonyl (C=O) groups excluding carboxylic acids is 1. The number of nitrogens with zero attached hydrogens (tertiary/aromatic N) is 3. The number of fused-ring (bicyclic) bond motifs is 2. The highest BCUT2D eigenvalue weighted by molar-refractivity contribution is 9.10. The predicted octanol–water partition coefficient (Wildman–Crippen LogP) is 1.63. The quantitative estimate of drug-likeness (QED) is 0.478. The fraction of sp³-hybridized carbons (Fsp3) is 0.118. The Labute approximate surface area is 167 Å². The third-order valence-corrected chi connectivity index (χ3v) is 6.85. The van der Waals surface area contributed by atoms with Crippen LogP contribution in [0.2, 0.25) is 0 Å². The van der Waals surface area contributed by atoms with E-state index in [1.165, 1.54) is 27.3 Å². The number of benzene rings is 2. The molecular weight excluding hydrogens is 450 g/mol. The van der Waals surface area contributed by atoms with Crippen molar-refractivity contribution in [1.82, 2.24) is 24.1 Å². The van der Waals surface area contributed by atoms with E-state index in [0.717, 1.165) is 0 Å². The molecule has 11 heteroatoms. The van der Waals surface area contributed by atoms with E-state index >= 15 is 0 Å². The van der Waals surface area contributed by atoms with Gasteiger partial charge in [-0.05, 0) is 34.1 Å². The molecule has 4 aromatic rings. The molecule has 0 bridgehead atoms. The molecule has 0 spiro atoms. The van der Waals surface area contributed by atoms with Crippen LogP contribution in [0.15, 0.2) is 50.7 Å². The molecule has 0 aliphatic heterocycles. The molecule has 0 aliphatic rings. The first-order valence-corrected chi connectivity index (χ1v) is 10.3. The Kier molecular flexibility index (Phi) is 4.16. The van der Waals surface area contributed by atoms with E-state index in [-0.39, 0.29) is 20.6 Å². The number of carbonyl (C=O) groups is 1. The number of hydrogen-bond donors (Lipinski definition) is 2. The average Bonchev–Trinajstić information content (AvgIpc) is 3.20. The summed E-state index contributed by atoms with van der Waals surface area (Å²) in [5.41, 5.74) is 1.30. The number of aromatic amines is 1. The van der Waals surface area contributed by atoms with E-state index in [1.54, 1.807) is 32.4 Å². The number of aryl methyl sites for hydroxylation is 2. The van der Waals surface area contributed by atoms with Gasteiger partial charge in [0.25, 0.3) is 15.9 Å². The maximum absolute atomic E-state index is 12.9. The van der Waals surface area contributed by atoms with Crippen LogP contribution in [-0.2, 0) is 24.1 Å². The molecule has 0 aliphatic carbocycles. The first-order valence-electron chi connectivity index (χ1n) is 8.05. The van der Waals surface area contributed by atoms with E-state index in [9.17, 15) is 18.0 Å². The SMILES string of the molecule is Cn1c(=O)n(C)c2cc(S(=O)(=O)NC(=O)c3cccc4cn[nH]c34)c(Br)cc21. The number of H-pyrrole nitrogens is 1. The molecule has 9 nitrogen and oxygen atoms in total. The van der Waals surface area contributed by atoms with Crippen LogP contribution in [0.4, 0.5) is 0 Å². The molecule has 4 rings (SSSR count). The Morgan fingerprint density at radius 1 is 1.18 bits per heavy atom. The molecule has 0 atom stereocenters. The molecule has 1 amide bonds. The van der Waals surface area contributed by atoms with E-state index in [4.69, 9.17) is 0 Å². The van der Waals surface area contributed by atoms with Crippen molar-refractivity contribution in [2.24, 2.45) is 14.1 Å². The van der Waals surface area contributed by atoms with Crippen LogP contribution in [-0.4, -0.2) is 33.7 Å². The molecule has 2 aromatic heterocycles. The molecule has 144 valence electrons. The van der Waals surface area contributed by atoms with Gasteiger partial charge >= 0.3 is 5.69 Å². The molecule has 2 aromatic carbocycles. The smallest absolute Gasteiger partial charge is 0.295 e. The van der Waals surface area contributed by atoms with Crippen molar-refractivity contribution >= 4 is 53.8 Å². The third-order valence-electron chi connectivity index (χ3n) is 4.56.